The Morgan fingerprint density at radius 2 is 0.385 bits per heavy atom. The Balaban J connectivity index is 0.000000114. The van der Waals surface area contributed by atoms with Crippen LogP contribution in [0.3, 0.4) is 0 Å². The van der Waals surface area contributed by atoms with E-state index >= 15 is 0 Å². The lowest BCUT2D eigenvalue weighted by molar-refractivity contribution is -0.174. The molecule has 0 aromatic carbocycles. The van der Waals surface area contributed by atoms with E-state index in [-0.39, 0.29) is 25.7 Å². The molecule has 8 saturated heterocycles. The van der Waals surface area contributed by atoms with Gasteiger partial charge in [-0.1, -0.05) is 109 Å². The first kappa shape index (κ1) is 55.9. The van der Waals surface area contributed by atoms with Crippen LogP contribution in [0.25, 0.3) is 0 Å². The quantitative estimate of drug-likeness (QED) is 0.191. The maximum atomic E-state index is 11.5. The molecule has 12 unspecified atom stereocenters. The lowest BCUT2D eigenvalue weighted by atomic mass is 9.59. The monoisotopic (exact) mass is 1090 g/mol. The molecule has 420 valence electrons. The smallest absolute Gasteiger partial charge is 0.318 e. The molecule has 8 aliphatic carbocycles. The molecule has 24 nitrogen and oxygen atoms in total. The summed E-state index contributed by atoms with van der Waals surface area (Å²) >= 11 is 0. The lowest BCUT2D eigenvalue weighted by Crippen LogP contribution is -2.50. The largest absolute Gasteiger partial charge is 0.393 e. The normalized spacial score (nSPS) is 38.4. The van der Waals surface area contributed by atoms with Crippen molar-refractivity contribution in [1.29, 1.82) is 0 Å². The minimum Gasteiger partial charge on any atom is -0.393 e. The van der Waals surface area contributed by atoms with Gasteiger partial charge in [0.2, 0.25) is 0 Å². The van der Waals surface area contributed by atoms with E-state index in [1.54, 1.807) is 0 Å². The predicted molar refractivity (Wildman–Crippen MR) is 246 cm³/mol. The molecule has 8 heterocycles. The average molecular weight is 1090 g/mol. The lowest BCUT2D eigenvalue weighted by Gasteiger charge is -2.33. The minimum atomic E-state index is -0.804. The zero-order chi connectivity index (χ0) is 55.7. The molecule has 16 fully saturated rings. The van der Waals surface area contributed by atoms with E-state index in [1.807, 2.05) is 0 Å². The Labute approximate surface area is 445 Å². The van der Waals surface area contributed by atoms with Crippen LogP contribution in [0.4, 0.5) is 0 Å². The van der Waals surface area contributed by atoms with E-state index in [2.05, 4.69) is 37.9 Å². The SMILES string of the molecule is C1CCC1.C1CCC1.C1CCC1.C1CCCC1.O=C1CC2C3CC(C(=O)OC3=O)C2C(=O)O1.O=C1OC(=O)C2C1C1C(=O)OC(=O)C21.O=C1OC(=O)C2C1CC1C(=O)OC(=O)C12.O=C1OC(=O)C2CC3C(=O)OC(=O)C3CC12. The third-order valence-electron chi connectivity index (χ3n) is 17.8. The summed E-state index contributed by atoms with van der Waals surface area (Å²) in [7, 11) is 0. The van der Waals surface area contributed by atoms with E-state index in [4.69, 9.17) is 0 Å². The van der Waals surface area contributed by atoms with Gasteiger partial charge in [-0.15, -0.1) is 0 Å². The van der Waals surface area contributed by atoms with Crippen LogP contribution in [-0.4, -0.2) is 95.5 Å². The van der Waals surface area contributed by atoms with Crippen molar-refractivity contribution < 1.29 is 115 Å². The fourth-order valence-corrected chi connectivity index (χ4v) is 12.4. The standard InChI is InChI=1S/2C10H8O6.C9H6O6.C8H4O6.C5H10.3C4H8/c11-6-2-3-4-1-5(7(3)10(14)15-6)9(13)16-8(4)12;11-7-3-1-4-6(10(14)16-8(4)12)2-5(3)9(13)15-7;10-6-2-1-3-5(4(2)8(12)14-6)9(13)15-7(3)11;9-5-1-2(6(10)13-5)4-3(1)7(11)14-8(4)12;1-2-4-5-3-1;3*1-2-4-3-1/h3-5,7H,1-2H2;3-6H,1-2H2;2-5H,1H2;1-4H;1-5H2;3*1-4H2. The summed E-state index contributed by atoms with van der Waals surface area (Å²) in [6.45, 7) is 0. The number of rotatable bonds is 0. The molecule has 8 aliphatic heterocycles. The maximum absolute atomic E-state index is 11.5. The Morgan fingerprint density at radius 3 is 0.692 bits per heavy atom. The van der Waals surface area contributed by atoms with Gasteiger partial charge >= 0.3 is 95.5 Å². The number of carbonyl (C=O) groups excluding carboxylic acids is 16. The molecule has 0 aromatic heterocycles. The highest BCUT2D eigenvalue weighted by molar-refractivity contribution is 6.10. The predicted octanol–water partition coefficient (Wildman–Crippen LogP) is 3.11. The third-order valence-corrected chi connectivity index (χ3v) is 17.8. The Hall–Kier alpha value is -6.88. The molecule has 0 amide bonds. The second-order valence-corrected chi connectivity index (χ2v) is 22.3. The summed E-state index contributed by atoms with van der Waals surface area (Å²) in [6.07, 6.45) is 26.4. The van der Waals surface area contributed by atoms with Gasteiger partial charge in [0.15, 0.2) is 0 Å². The van der Waals surface area contributed by atoms with Gasteiger partial charge in [-0.25, -0.2) is 0 Å². The van der Waals surface area contributed by atoms with Crippen LogP contribution in [0.5, 0.6) is 0 Å². The molecule has 0 aromatic rings. The van der Waals surface area contributed by atoms with Gasteiger partial charge in [0.05, 0.1) is 95.2 Å². The summed E-state index contributed by atoms with van der Waals surface area (Å²) in [5, 5.41) is 0. The fourth-order valence-electron chi connectivity index (χ4n) is 12.4. The average Bonchev–Trinajstić information content (AvgIpc) is 4.39. The first-order valence-electron chi connectivity index (χ1n) is 27.4. The van der Waals surface area contributed by atoms with Crippen LogP contribution < -0.4 is 0 Å². The number of ether oxygens (including phenoxy) is 8. The highest BCUT2D eigenvalue weighted by atomic mass is 16.6. The zero-order valence-electron chi connectivity index (χ0n) is 42.6. The van der Waals surface area contributed by atoms with E-state index < -0.39 is 190 Å². The molecule has 24 heteroatoms. The van der Waals surface area contributed by atoms with Gasteiger partial charge < -0.3 is 37.9 Å². The van der Waals surface area contributed by atoms with Crippen molar-refractivity contribution in [3.63, 3.8) is 0 Å². The molecule has 16 rings (SSSR count). The molecule has 0 radical (unpaired) electrons. The Bertz CT molecular complexity index is 2340. The molecule has 78 heavy (non-hydrogen) atoms. The third kappa shape index (κ3) is 11.1. The summed E-state index contributed by atoms with van der Waals surface area (Å²) in [6, 6.07) is 0. The molecule has 16 aliphatic rings. The molecule has 0 N–H and O–H groups in total. The summed E-state index contributed by atoms with van der Waals surface area (Å²) in [4.78, 5) is 180. The van der Waals surface area contributed by atoms with Crippen molar-refractivity contribution in [3.8, 4) is 0 Å². The zero-order valence-corrected chi connectivity index (χ0v) is 42.6. The van der Waals surface area contributed by atoms with Crippen LogP contribution in [0.2, 0.25) is 0 Å². The highest BCUT2D eigenvalue weighted by Gasteiger charge is 2.73. The first-order valence-corrected chi connectivity index (χ1v) is 27.4. The van der Waals surface area contributed by atoms with Gasteiger partial charge in [0.25, 0.3) is 0 Å². The summed E-state index contributed by atoms with van der Waals surface area (Å²) in [5.74, 6) is -21.0. The van der Waals surface area contributed by atoms with Crippen molar-refractivity contribution >= 4 is 95.5 Å². The summed E-state index contributed by atoms with van der Waals surface area (Å²) < 4.78 is 35.6. The molecular weight excluding hydrogens is 1030 g/mol. The van der Waals surface area contributed by atoms with Crippen molar-refractivity contribution in [2.45, 2.75) is 141 Å². The fraction of sp³-hybridized carbons (Fsp3) is 0.704. The van der Waals surface area contributed by atoms with Gasteiger partial charge in [-0.05, 0) is 31.6 Å². The van der Waals surface area contributed by atoms with Crippen LogP contribution in [0.15, 0.2) is 0 Å². The maximum Gasteiger partial charge on any atom is 0.318 e. The topological polar surface area (TPSA) is 347 Å². The molecule has 8 saturated carbocycles. The van der Waals surface area contributed by atoms with Crippen molar-refractivity contribution in [3.05, 3.63) is 0 Å². The van der Waals surface area contributed by atoms with Gasteiger partial charge in [0.1, 0.15) is 0 Å². The minimum absolute atomic E-state index is 0.0138. The van der Waals surface area contributed by atoms with Crippen LogP contribution in [-0.2, 0) is 115 Å². The number of esters is 16. The number of fused-ring (bicyclic) bond motifs is 14. The number of hydrogen-bond donors (Lipinski definition) is 0. The number of hydrogen-bond acceptors (Lipinski definition) is 24. The van der Waals surface area contributed by atoms with E-state index in [0.717, 1.165) is 0 Å². The van der Waals surface area contributed by atoms with E-state index in [0.29, 0.717) is 6.42 Å². The number of cyclic esters (lactones) is 16. The second kappa shape index (κ2) is 23.6. The van der Waals surface area contributed by atoms with Crippen LogP contribution in [0, 0.1) is 94.7 Å². The van der Waals surface area contributed by atoms with E-state index in [1.165, 1.54) is 109 Å². The second-order valence-electron chi connectivity index (χ2n) is 22.3. The first-order chi connectivity index (χ1) is 37.4. The van der Waals surface area contributed by atoms with E-state index in [9.17, 15) is 76.7 Å². The van der Waals surface area contributed by atoms with Gasteiger partial charge in [-0.2, -0.15) is 0 Å². The highest BCUT2D eigenvalue weighted by Crippen LogP contribution is 2.55. The van der Waals surface area contributed by atoms with Crippen molar-refractivity contribution in [2.24, 2.45) is 94.7 Å². The summed E-state index contributed by atoms with van der Waals surface area (Å²) in [5.41, 5.74) is 0. The van der Waals surface area contributed by atoms with Crippen LogP contribution >= 0.6 is 0 Å². The van der Waals surface area contributed by atoms with Crippen LogP contribution in [0.1, 0.15) is 141 Å². The Kier molecular flexibility index (Phi) is 16.9. The molecule has 12 atom stereocenters. The molecular formula is C54H60O24. The van der Waals surface area contributed by atoms with Gasteiger partial charge in [-0.3, -0.25) is 76.7 Å². The van der Waals surface area contributed by atoms with Crippen molar-refractivity contribution in [2.75, 3.05) is 0 Å². The Morgan fingerprint density at radius 1 is 0.192 bits per heavy atom. The van der Waals surface area contributed by atoms with Crippen molar-refractivity contribution in [1.82, 2.24) is 0 Å². The molecule has 0 spiro atoms. The molecule has 2 bridgehead atoms. The van der Waals surface area contributed by atoms with Gasteiger partial charge in [0, 0.05) is 0 Å². The number of carbonyl (C=O) groups is 16.